The highest BCUT2D eigenvalue weighted by Gasteiger charge is 2.40. The highest BCUT2D eigenvalue weighted by molar-refractivity contribution is 5.84. The van der Waals surface area contributed by atoms with Gasteiger partial charge in [-0.05, 0) is 66.5 Å². The van der Waals surface area contributed by atoms with Crippen molar-refractivity contribution in [3.05, 3.63) is 69.0 Å². The molecule has 6 heteroatoms. The van der Waals surface area contributed by atoms with Crippen molar-refractivity contribution in [1.82, 2.24) is 9.88 Å². The molecule has 1 atom stereocenters. The first kappa shape index (κ1) is 19.7. The van der Waals surface area contributed by atoms with Crippen LogP contribution in [-0.4, -0.2) is 36.6 Å². The molecule has 1 aliphatic carbocycles. The summed E-state index contributed by atoms with van der Waals surface area (Å²) in [5.41, 5.74) is 4.27. The van der Waals surface area contributed by atoms with Crippen molar-refractivity contribution in [2.24, 2.45) is 5.92 Å². The van der Waals surface area contributed by atoms with Gasteiger partial charge in [-0.25, -0.2) is 0 Å². The van der Waals surface area contributed by atoms with Crippen LogP contribution in [0.15, 0.2) is 41.2 Å². The molecule has 1 amide bonds. The van der Waals surface area contributed by atoms with Gasteiger partial charge in [0.1, 0.15) is 0 Å². The van der Waals surface area contributed by atoms with Gasteiger partial charge in [0.25, 0.3) is 5.56 Å². The fourth-order valence-corrected chi connectivity index (χ4v) is 4.69. The Morgan fingerprint density at radius 2 is 1.81 bits per heavy atom. The van der Waals surface area contributed by atoms with Crippen molar-refractivity contribution in [3.8, 4) is 11.5 Å². The van der Waals surface area contributed by atoms with Gasteiger partial charge < -0.3 is 19.4 Å². The van der Waals surface area contributed by atoms with E-state index in [1.807, 2.05) is 48.2 Å². The molecule has 0 radical (unpaired) electrons. The Bertz CT molecular complexity index is 1240. The molecular weight excluding hydrogens is 392 g/mol. The van der Waals surface area contributed by atoms with Crippen LogP contribution in [0.25, 0.3) is 10.9 Å². The minimum Gasteiger partial charge on any atom is -0.493 e. The van der Waals surface area contributed by atoms with Crippen molar-refractivity contribution in [2.75, 3.05) is 20.8 Å². The second-order valence-electron chi connectivity index (χ2n) is 8.46. The number of nitrogens with one attached hydrogen (secondary N) is 1. The van der Waals surface area contributed by atoms with E-state index in [1.54, 1.807) is 14.2 Å². The molecule has 160 valence electrons. The first-order valence-corrected chi connectivity index (χ1v) is 10.7. The van der Waals surface area contributed by atoms with E-state index in [9.17, 15) is 9.59 Å². The normalized spacial score (nSPS) is 18.0. The van der Waals surface area contributed by atoms with E-state index in [2.05, 4.69) is 4.98 Å². The Kier molecular flexibility index (Phi) is 4.73. The summed E-state index contributed by atoms with van der Waals surface area (Å²) in [6, 6.07) is 11.3. The first-order chi connectivity index (χ1) is 15.0. The lowest BCUT2D eigenvalue weighted by atomic mass is 9.87. The molecule has 1 N–H and O–H groups in total. The van der Waals surface area contributed by atoms with Crippen molar-refractivity contribution < 1.29 is 14.3 Å². The number of benzene rings is 2. The second kappa shape index (κ2) is 7.45. The maximum absolute atomic E-state index is 13.3. The number of fused-ring (bicyclic) bond motifs is 2. The molecule has 1 aromatic heterocycles. The predicted molar refractivity (Wildman–Crippen MR) is 119 cm³/mol. The molecule has 0 spiro atoms. The predicted octanol–water partition coefficient (Wildman–Crippen LogP) is 3.74. The van der Waals surface area contributed by atoms with E-state index in [0.717, 1.165) is 46.9 Å². The van der Waals surface area contributed by atoms with Gasteiger partial charge in [0.05, 0.1) is 25.8 Å². The van der Waals surface area contributed by atoms with Crippen LogP contribution < -0.4 is 15.0 Å². The number of aromatic nitrogens is 1. The van der Waals surface area contributed by atoms with Crippen molar-refractivity contribution in [1.29, 1.82) is 0 Å². The number of methoxy groups -OCH3 is 2. The summed E-state index contributed by atoms with van der Waals surface area (Å²) in [6.07, 6.45) is 2.57. The molecule has 1 fully saturated rings. The summed E-state index contributed by atoms with van der Waals surface area (Å²) in [4.78, 5) is 31.4. The lowest BCUT2D eigenvalue weighted by Gasteiger charge is -2.38. The van der Waals surface area contributed by atoms with E-state index >= 15 is 0 Å². The van der Waals surface area contributed by atoms with Crippen LogP contribution in [0, 0.1) is 12.8 Å². The quantitative estimate of drug-likeness (QED) is 0.701. The van der Waals surface area contributed by atoms with Gasteiger partial charge in [-0.3, -0.25) is 9.59 Å². The minimum absolute atomic E-state index is 0.0750. The third kappa shape index (κ3) is 3.26. The largest absolute Gasteiger partial charge is 0.493 e. The van der Waals surface area contributed by atoms with Gasteiger partial charge in [-0.2, -0.15) is 0 Å². The molecule has 31 heavy (non-hydrogen) atoms. The summed E-state index contributed by atoms with van der Waals surface area (Å²) in [7, 11) is 3.21. The molecule has 2 aromatic carbocycles. The molecule has 1 unspecified atom stereocenters. The molecule has 3 aromatic rings. The van der Waals surface area contributed by atoms with Gasteiger partial charge in [0, 0.05) is 18.0 Å². The molecule has 2 heterocycles. The zero-order chi connectivity index (χ0) is 21.7. The molecule has 0 saturated heterocycles. The van der Waals surface area contributed by atoms with Crippen LogP contribution in [0.4, 0.5) is 0 Å². The average Bonchev–Trinajstić information content (AvgIpc) is 3.62. The fraction of sp³-hybridized carbons (Fsp3) is 0.360. The molecule has 1 saturated carbocycles. The topological polar surface area (TPSA) is 71.6 Å². The fourth-order valence-electron chi connectivity index (χ4n) is 4.69. The smallest absolute Gasteiger partial charge is 0.254 e. The first-order valence-electron chi connectivity index (χ1n) is 10.7. The lowest BCUT2D eigenvalue weighted by Crippen LogP contribution is -2.43. The third-order valence-corrected chi connectivity index (χ3v) is 6.49. The summed E-state index contributed by atoms with van der Waals surface area (Å²) < 4.78 is 11.0. The number of nitrogens with zero attached hydrogens (tertiary/aromatic N) is 1. The highest BCUT2D eigenvalue weighted by Crippen LogP contribution is 2.43. The van der Waals surface area contributed by atoms with Gasteiger partial charge in [0.2, 0.25) is 5.91 Å². The number of carbonyl (C=O) groups is 1. The van der Waals surface area contributed by atoms with Crippen LogP contribution >= 0.6 is 0 Å². The van der Waals surface area contributed by atoms with E-state index in [1.165, 1.54) is 0 Å². The van der Waals surface area contributed by atoms with Crippen LogP contribution in [0.5, 0.6) is 11.5 Å². The number of hydrogen-bond donors (Lipinski definition) is 1. The summed E-state index contributed by atoms with van der Waals surface area (Å²) in [6.45, 7) is 2.56. The maximum Gasteiger partial charge on any atom is 0.254 e. The number of para-hydroxylation sites is 1. The van der Waals surface area contributed by atoms with Gasteiger partial charge in [0.15, 0.2) is 11.5 Å². The number of H-pyrrole nitrogens is 1. The third-order valence-electron chi connectivity index (χ3n) is 6.49. The standard InChI is InChI=1S/C25H26N2O4/c1-14-5-4-6-17-11-19(24(28)26-22(14)17)23-18-13-21(31-3)20(30-2)12-16(18)9-10-27(23)25(29)15-7-8-15/h4-6,11-13,15,23H,7-10H2,1-3H3,(H,26,28). The van der Waals surface area contributed by atoms with Gasteiger partial charge in [-0.1, -0.05) is 18.2 Å². The summed E-state index contributed by atoms with van der Waals surface area (Å²) in [5.74, 6) is 1.46. The van der Waals surface area contributed by atoms with Gasteiger partial charge in [-0.15, -0.1) is 0 Å². The number of amides is 1. The highest BCUT2D eigenvalue weighted by atomic mass is 16.5. The Labute approximate surface area is 180 Å². The second-order valence-corrected chi connectivity index (χ2v) is 8.46. The number of pyridine rings is 1. The molecule has 5 rings (SSSR count). The number of rotatable bonds is 4. The number of hydrogen-bond acceptors (Lipinski definition) is 4. The average molecular weight is 418 g/mol. The molecular formula is C25H26N2O4. The van der Waals surface area contributed by atoms with Crippen LogP contribution in [0.3, 0.4) is 0 Å². The number of carbonyl (C=O) groups excluding carboxylic acids is 1. The zero-order valence-corrected chi connectivity index (χ0v) is 18.0. The van der Waals surface area contributed by atoms with E-state index < -0.39 is 6.04 Å². The molecule has 1 aliphatic heterocycles. The van der Waals surface area contributed by atoms with Crippen molar-refractivity contribution >= 4 is 16.8 Å². The molecule has 2 aliphatic rings. The lowest BCUT2D eigenvalue weighted by molar-refractivity contribution is -0.134. The van der Waals surface area contributed by atoms with Crippen LogP contribution in [-0.2, 0) is 11.2 Å². The van der Waals surface area contributed by atoms with Crippen LogP contribution in [0.1, 0.15) is 41.1 Å². The van der Waals surface area contributed by atoms with E-state index in [4.69, 9.17) is 9.47 Å². The van der Waals surface area contributed by atoms with E-state index in [0.29, 0.717) is 23.6 Å². The number of aromatic amines is 1. The summed E-state index contributed by atoms with van der Waals surface area (Å²) in [5, 5.41) is 0.959. The minimum atomic E-state index is -0.453. The SMILES string of the molecule is COc1cc2c(cc1OC)C(c1cc3cccc(C)c3[nH]c1=O)N(C(=O)C1CC1)CC2. The van der Waals surface area contributed by atoms with Crippen molar-refractivity contribution in [2.45, 2.75) is 32.2 Å². The Hall–Kier alpha value is -3.28. The Morgan fingerprint density at radius 3 is 2.52 bits per heavy atom. The van der Waals surface area contributed by atoms with E-state index in [-0.39, 0.29) is 17.4 Å². The number of aryl methyl sites for hydroxylation is 1. The zero-order valence-electron chi connectivity index (χ0n) is 18.0. The molecule has 6 nitrogen and oxygen atoms in total. The Morgan fingerprint density at radius 1 is 1.06 bits per heavy atom. The monoisotopic (exact) mass is 418 g/mol. The van der Waals surface area contributed by atoms with Crippen molar-refractivity contribution in [3.63, 3.8) is 0 Å². The summed E-state index contributed by atoms with van der Waals surface area (Å²) >= 11 is 0. The van der Waals surface area contributed by atoms with Gasteiger partial charge >= 0.3 is 0 Å². The Balaban J connectivity index is 1.73. The number of ether oxygens (including phenoxy) is 2. The maximum atomic E-state index is 13.3. The molecule has 0 bridgehead atoms. The van der Waals surface area contributed by atoms with Crippen LogP contribution in [0.2, 0.25) is 0 Å².